The van der Waals surface area contributed by atoms with Crippen molar-refractivity contribution in [2.75, 3.05) is 54.4 Å². The smallest absolute Gasteiger partial charge is 0.245 e. The van der Waals surface area contributed by atoms with Gasteiger partial charge in [0.2, 0.25) is 5.91 Å². The first-order valence-corrected chi connectivity index (χ1v) is 13.2. The van der Waals surface area contributed by atoms with Gasteiger partial charge in [0.25, 0.3) is 0 Å². The van der Waals surface area contributed by atoms with Crippen LogP contribution < -0.4 is 18.9 Å². The third-order valence-corrected chi connectivity index (χ3v) is 5.90. The number of halogens is 3. The Balaban J connectivity index is 0.000000547. The third-order valence-electron chi connectivity index (χ3n) is 4.75. The van der Waals surface area contributed by atoms with Crippen LogP contribution in [0.3, 0.4) is 0 Å². The third kappa shape index (κ3) is 12.7. The number of methoxy groups -OCH3 is 4. The number of hydroxylamine groups is 2. The molecule has 208 valence electrons. The average molecular weight is 625 g/mol. The van der Waals surface area contributed by atoms with Crippen LogP contribution in [0, 0.1) is 0 Å². The molecule has 37 heavy (non-hydrogen) atoms. The quantitative estimate of drug-likeness (QED) is 0.154. The number of para-hydroxylation sites is 2. The maximum atomic E-state index is 11.9. The van der Waals surface area contributed by atoms with Crippen LogP contribution in [-0.2, 0) is 9.63 Å². The number of ether oxygens (including phenoxy) is 4. The van der Waals surface area contributed by atoms with E-state index in [0.29, 0.717) is 54.5 Å². The van der Waals surface area contributed by atoms with Gasteiger partial charge in [-0.2, -0.15) is 0 Å². The standard InChI is InChI=1S/C12H15ClO3.C8H9BrO2.C6H12ClNO2/c1-15-11-7-3-5-9(12(11)16-2)10(14)6-4-8-13;1-10-7-5-3-4-6(9)8(7)11-2;1-8(10-2)6(9)4-3-5-7/h3,5,7H,4,6,8H2,1-2H3;3-5H,1-2H3;3-5H2,1-2H3. The minimum absolute atomic E-state index is 0.0244. The molecule has 2 rings (SSSR count). The fourth-order valence-electron chi connectivity index (χ4n) is 2.79. The van der Waals surface area contributed by atoms with Crippen molar-refractivity contribution in [3.05, 3.63) is 46.4 Å². The molecule has 0 fully saturated rings. The largest absolute Gasteiger partial charge is 0.493 e. The highest BCUT2D eigenvalue weighted by atomic mass is 79.9. The van der Waals surface area contributed by atoms with Gasteiger partial charge in [-0.15, -0.1) is 23.2 Å². The maximum absolute atomic E-state index is 11.9. The molecule has 1 amide bonds. The summed E-state index contributed by atoms with van der Waals surface area (Å²) >= 11 is 14.3. The molecule has 0 saturated carbocycles. The number of amides is 1. The molecular weight excluding hydrogens is 589 g/mol. The van der Waals surface area contributed by atoms with E-state index in [9.17, 15) is 9.59 Å². The van der Waals surface area contributed by atoms with Gasteiger partial charge < -0.3 is 18.9 Å². The lowest BCUT2D eigenvalue weighted by Gasteiger charge is -2.12. The van der Waals surface area contributed by atoms with Gasteiger partial charge in [-0.05, 0) is 53.0 Å². The zero-order valence-corrected chi connectivity index (χ0v) is 25.2. The number of hydrogen-bond acceptors (Lipinski definition) is 7. The number of carbonyl (C=O) groups is 2. The Hall–Kier alpha value is -2.20. The molecule has 2 aromatic rings. The van der Waals surface area contributed by atoms with Crippen molar-refractivity contribution in [1.82, 2.24) is 5.06 Å². The topological polar surface area (TPSA) is 83.5 Å². The highest BCUT2D eigenvalue weighted by molar-refractivity contribution is 9.10. The predicted octanol–water partition coefficient (Wildman–Crippen LogP) is 6.40. The summed E-state index contributed by atoms with van der Waals surface area (Å²) in [5.41, 5.74) is 0.548. The molecule has 2 aromatic carbocycles. The zero-order chi connectivity index (χ0) is 28.2. The molecule has 0 aliphatic carbocycles. The van der Waals surface area contributed by atoms with E-state index in [1.807, 2.05) is 18.2 Å². The van der Waals surface area contributed by atoms with Crippen LogP contribution >= 0.6 is 39.1 Å². The fraction of sp³-hybridized carbons (Fsp3) is 0.462. The number of alkyl halides is 2. The number of hydrogen-bond donors (Lipinski definition) is 0. The molecule has 0 radical (unpaired) electrons. The van der Waals surface area contributed by atoms with Gasteiger partial charge in [0.1, 0.15) is 0 Å². The molecule has 0 aromatic heterocycles. The summed E-state index contributed by atoms with van der Waals surface area (Å²) in [7, 11) is 9.34. The SMILES string of the molecule is CON(C)C(=O)CCCCl.COc1cccc(Br)c1OC.COc1cccc(C(=O)CCCCl)c1OC. The Labute approximate surface area is 238 Å². The normalized spacial score (nSPS) is 9.65. The minimum Gasteiger partial charge on any atom is -0.493 e. The summed E-state index contributed by atoms with van der Waals surface area (Å²) in [5.74, 6) is 3.52. The predicted molar refractivity (Wildman–Crippen MR) is 151 cm³/mol. The number of benzene rings is 2. The molecule has 11 heteroatoms. The molecule has 0 unspecified atom stereocenters. The van der Waals surface area contributed by atoms with Gasteiger partial charge in [-0.3, -0.25) is 14.4 Å². The van der Waals surface area contributed by atoms with Crippen molar-refractivity contribution in [1.29, 1.82) is 0 Å². The summed E-state index contributed by atoms with van der Waals surface area (Å²) < 4.78 is 21.4. The second-order valence-electron chi connectivity index (χ2n) is 7.10. The average Bonchev–Trinajstić information content (AvgIpc) is 2.93. The van der Waals surface area contributed by atoms with Gasteiger partial charge in [-0.1, -0.05) is 12.1 Å². The Morgan fingerprint density at radius 2 is 1.30 bits per heavy atom. The second kappa shape index (κ2) is 20.8. The molecule has 0 atom stereocenters. The first-order valence-electron chi connectivity index (χ1n) is 11.3. The first-order chi connectivity index (χ1) is 17.7. The first kappa shape index (κ1) is 34.8. The van der Waals surface area contributed by atoms with E-state index in [0.717, 1.165) is 16.0 Å². The second-order valence-corrected chi connectivity index (χ2v) is 8.71. The number of ketones is 1. The Morgan fingerprint density at radius 1 is 0.784 bits per heavy atom. The van der Waals surface area contributed by atoms with Crippen molar-refractivity contribution in [3.63, 3.8) is 0 Å². The van der Waals surface area contributed by atoms with Crippen LogP contribution in [0.4, 0.5) is 0 Å². The molecule has 0 aliphatic heterocycles. The van der Waals surface area contributed by atoms with Crippen LogP contribution in [-0.4, -0.2) is 71.1 Å². The molecule has 0 heterocycles. The Morgan fingerprint density at radius 3 is 1.76 bits per heavy atom. The molecule has 8 nitrogen and oxygen atoms in total. The molecule has 0 aliphatic rings. The lowest BCUT2D eigenvalue weighted by atomic mass is 10.1. The van der Waals surface area contributed by atoms with E-state index < -0.39 is 0 Å². The molecular formula is C26H36BrCl2NO7. The highest BCUT2D eigenvalue weighted by Gasteiger charge is 2.15. The molecule has 0 N–H and O–H groups in total. The van der Waals surface area contributed by atoms with Crippen molar-refractivity contribution in [3.8, 4) is 23.0 Å². The lowest BCUT2D eigenvalue weighted by Crippen LogP contribution is -2.24. The van der Waals surface area contributed by atoms with E-state index in [-0.39, 0.29) is 11.7 Å². The molecule has 0 saturated heterocycles. The minimum atomic E-state index is -0.0387. The van der Waals surface area contributed by atoms with Crippen LogP contribution in [0.2, 0.25) is 0 Å². The van der Waals surface area contributed by atoms with E-state index in [1.54, 1.807) is 46.6 Å². The Bertz CT molecular complexity index is 947. The summed E-state index contributed by atoms with van der Waals surface area (Å²) in [4.78, 5) is 27.4. The van der Waals surface area contributed by atoms with Crippen LogP contribution in [0.15, 0.2) is 40.9 Å². The maximum Gasteiger partial charge on any atom is 0.245 e. The van der Waals surface area contributed by atoms with Gasteiger partial charge in [-0.25, -0.2) is 5.06 Å². The number of Topliss-reactive ketones (excluding diaryl/α,β-unsaturated/α-hetero) is 1. The van der Waals surface area contributed by atoms with E-state index in [4.69, 9.17) is 42.1 Å². The van der Waals surface area contributed by atoms with Crippen LogP contribution in [0.25, 0.3) is 0 Å². The summed E-state index contributed by atoms with van der Waals surface area (Å²) in [6.45, 7) is 0. The summed E-state index contributed by atoms with van der Waals surface area (Å²) in [6, 6.07) is 10.9. The van der Waals surface area contributed by atoms with Crippen molar-refractivity contribution in [2.45, 2.75) is 25.7 Å². The van der Waals surface area contributed by atoms with Crippen molar-refractivity contribution >= 4 is 50.8 Å². The molecule has 0 bridgehead atoms. The monoisotopic (exact) mass is 623 g/mol. The highest BCUT2D eigenvalue weighted by Crippen LogP contribution is 2.34. The van der Waals surface area contributed by atoms with Gasteiger partial charge in [0, 0.05) is 31.6 Å². The van der Waals surface area contributed by atoms with Gasteiger partial charge in [0.15, 0.2) is 28.8 Å². The summed E-state index contributed by atoms with van der Waals surface area (Å²) in [6.07, 6.45) is 2.25. The van der Waals surface area contributed by atoms with Crippen molar-refractivity contribution in [2.24, 2.45) is 0 Å². The van der Waals surface area contributed by atoms with Gasteiger partial charge >= 0.3 is 0 Å². The number of rotatable bonds is 12. The van der Waals surface area contributed by atoms with Crippen molar-refractivity contribution < 1.29 is 33.4 Å². The van der Waals surface area contributed by atoms with Crippen LogP contribution in [0.5, 0.6) is 23.0 Å². The van der Waals surface area contributed by atoms with E-state index >= 15 is 0 Å². The Kier molecular flexibility index (Phi) is 19.6. The number of carbonyl (C=O) groups excluding carboxylic acids is 2. The lowest BCUT2D eigenvalue weighted by molar-refractivity contribution is -0.168. The summed E-state index contributed by atoms with van der Waals surface area (Å²) in [5, 5.41) is 1.20. The van der Waals surface area contributed by atoms with Crippen LogP contribution in [0.1, 0.15) is 36.0 Å². The van der Waals surface area contributed by atoms with E-state index in [1.165, 1.54) is 19.3 Å². The van der Waals surface area contributed by atoms with Gasteiger partial charge in [0.05, 0.1) is 45.6 Å². The molecule has 0 spiro atoms. The van der Waals surface area contributed by atoms with E-state index in [2.05, 4.69) is 20.8 Å². The zero-order valence-electron chi connectivity index (χ0n) is 22.1. The number of nitrogens with zero attached hydrogens (tertiary/aromatic N) is 1. The fourth-order valence-corrected chi connectivity index (χ4v) is 3.57.